The van der Waals surface area contributed by atoms with Crippen LogP contribution in [0.2, 0.25) is 5.02 Å². The molecule has 0 amide bonds. The monoisotopic (exact) mass is 340 g/mol. The van der Waals surface area contributed by atoms with Gasteiger partial charge in [0.15, 0.2) is 0 Å². The average molecular weight is 341 g/mol. The third-order valence-corrected chi connectivity index (χ3v) is 5.55. The minimum absolute atomic E-state index is 0. The maximum Gasteiger partial charge on any atom is 0.243 e. The summed E-state index contributed by atoms with van der Waals surface area (Å²) in [5, 5.41) is 3.45. The lowest BCUT2D eigenvalue weighted by atomic mass is 10.3. The molecule has 0 bridgehead atoms. The number of hydrogen-bond donors (Lipinski definition) is 1. The summed E-state index contributed by atoms with van der Waals surface area (Å²) in [5.74, 6) is 0.464. The van der Waals surface area contributed by atoms with E-state index in [9.17, 15) is 8.42 Å². The lowest BCUT2D eigenvalue weighted by Gasteiger charge is -2.23. The Balaban J connectivity index is 0.00000200. The maximum atomic E-state index is 12.5. The van der Waals surface area contributed by atoms with Crippen LogP contribution in [0.1, 0.15) is 6.42 Å². The van der Waals surface area contributed by atoms with Crippen molar-refractivity contribution in [3.63, 3.8) is 0 Å². The fourth-order valence-electron chi connectivity index (χ4n) is 2.12. The normalized spacial score (nSPS) is 18.9. The molecule has 1 unspecified atom stereocenters. The van der Waals surface area contributed by atoms with E-state index < -0.39 is 10.0 Å². The maximum absolute atomic E-state index is 12.5. The molecule has 5 nitrogen and oxygen atoms in total. The number of likely N-dealkylation sites (N-methyl/N-ethyl adjacent to an activating group) is 1. The molecule has 1 heterocycles. The second kappa shape index (κ2) is 6.95. The van der Waals surface area contributed by atoms with Crippen molar-refractivity contribution in [3.05, 3.63) is 23.2 Å². The van der Waals surface area contributed by atoms with Gasteiger partial charge in [0, 0.05) is 19.6 Å². The second-order valence-electron chi connectivity index (χ2n) is 4.46. The second-order valence-corrected chi connectivity index (χ2v) is 6.87. The molecule has 0 aliphatic carbocycles. The molecule has 0 spiro atoms. The van der Waals surface area contributed by atoms with Gasteiger partial charge in [-0.05, 0) is 31.2 Å². The van der Waals surface area contributed by atoms with Gasteiger partial charge < -0.3 is 10.1 Å². The van der Waals surface area contributed by atoms with Gasteiger partial charge >= 0.3 is 0 Å². The van der Waals surface area contributed by atoms with E-state index in [4.69, 9.17) is 16.3 Å². The van der Waals surface area contributed by atoms with Crippen molar-refractivity contribution in [2.24, 2.45) is 0 Å². The van der Waals surface area contributed by atoms with Crippen LogP contribution in [0.3, 0.4) is 0 Å². The molecule has 114 valence electrons. The van der Waals surface area contributed by atoms with Crippen molar-refractivity contribution in [3.8, 4) is 5.75 Å². The molecule has 1 atom stereocenters. The van der Waals surface area contributed by atoms with E-state index in [0.29, 0.717) is 17.3 Å². The molecule has 1 aliphatic rings. The molecule has 1 aromatic rings. The van der Waals surface area contributed by atoms with Gasteiger partial charge in [-0.2, -0.15) is 4.31 Å². The number of sulfonamides is 1. The third kappa shape index (κ3) is 3.38. The molecule has 1 aliphatic heterocycles. The zero-order chi connectivity index (χ0) is 14.0. The lowest BCUT2D eigenvalue weighted by molar-refractivity contribution is 0.387. The smallest absolute Gasteiger partial charge is 0.243 e. The fraction of sp³-hybridized carbons (Fsp3) is 0.500. The van der Waals surface area contributed by atoms with Crippen molar-refractivity contribution >= 4 is 34.0 Å². The van der Waals surface area contributed by atoms with Gasteiger partial charge in [0.25, 0.3) is 0 Å². The van der Waals surface area contributed by atoms with E-state index in [1.165, 1.54) is 23.5 Å². The van der Waals surface area contributed by atoms with Gasteiger partial charge in [-0.15, -0.1) is 12.4 Å². The molecule has 0 aromatic heterocycles. The van der Waals surface area contributed by atoms with Gasteiger partial charge in [-0.25, -0.2) is 8.42 Å². The highest BCUT2D eigenvalue weighted by Gasteiger charge is 2.30. The predicted octanol–water partition coefficient (Wildman–Crippen LogP) is 1.75. The largest absolute Gasteiger partial charge is 0.495 e. The number of nitrogens with one attached hydrogen (secondary N) is 1. The van der Waals surface area contributed by atoms with Crippen LogP contribution in [0, 0.1) is 0 Å². The molecule has 1 aromatic carbocycles. The third-order valence-electron chi connectivity index (χ3n) is 3.35. The summed E-state index contributed by atoms with van der Waals surface area (Å²) in [6.07, 6.45) is 0.819. The van der Waals surface area contributed by atoms with Crippen molar-refractivity contribution < 1.29 is 13.2 Å². The van der Waals surface area contributed by atoms with Gasteiger partial charge in [0.1, 0.15) is 5.75 Å². The van der Waals surface area contributed by atoms with Crippen LogP contribution in [-0.4, -0.2) is 46.0 Å². The summed E-state index contributed by atoms with van der Waals surface area (Å²) in [5.41, 5.74) is 0. The molecule has 8 heteroatoms. The van der Waals surface area contributed by atoms with Gasteiger partial charge in [0.2, 0.25) is 10.0 Å². The molecular weight excluding hydrogens is 323 g/mol. The highest BCUT2D eigenvalue weighted by Crippen LogP contribution is 2.29. The number of benzene rings is 1. The van der Waals surface area contributed by atoms with Crippen LogP contribution in [0.5, 0.6) is 5.75 Å². The number of nitrogens with zero attached hydrogens (tertiary/aromatic N) is 1. The summed E-state index contributed by atoms with van der Waals surface area (Å²) >= 11 is 5.98. The average Bonchev–Trinajstić information content (AvgIpc) is 2.91. The Morgan fingerprint density at radius 3 is 2.65 bits per heavy atom. The Bertz CT molecular complexity index is 560. The van der Waals surface area contributed by atoms with Crippen molar-refractivity contribution in [2.45, 2.75) is 17.4 Å². The summed E-state index contributed by atoms with van der Waals surface area (Å²) in [4.78, 5) is 0.188. The quantitative estimate of drug-likeness (QED) is 0.907. The molecule has 1 N–H and O–H groups in total. The van der Waals surface area contributed by atoms with E-state index in [1.54, 1.807) is 13.1 Å². The first kappa shape index (κ1) is 17.5. The predicted molar refractivity (Wildman–Crippen MR) is 81.5 cm³/mol. The highest BCUT2D eigenvalue weighted by molar-refractivity contribution is 7.89. The summed E-state index contributed by atoms with van der Waals surface area (Å²) in [7, 11) is -0.422. The number of hydrogen-bond acceptors (Lipinski definition) is 4. The van der Waals surface area contributed by atoms with Crippen LogP contribution >= 0.6 is 24.0 Å². The van der Waals surface area contributed by atoms with Gasteiger partial charge in [0.05, 0.1) is 17.0 Å². The van der Waals surface area contributed by atoms with Crippen molar-refractivity contribution in [1.82, 2.24) is 9.62 Å². The summed E-state index contributed by atoms with van der Waals surface area (Å²) < 4.78 is 31.4. The van der Waals surface area contributed by atoms with E-state index in [-0.39, 0.29) is 23.3 Å². The number of methoxy groups -OCH3 is 1. The Labute approximate surface area is 130 Å². The van der Waals surface area contributed by atoms with Crippen LogP contribution in [0.25, 0.3) is 0 Å². The van der Waals surface area contributed by atoms with Crippen molar-refractivity contribution in [2.75, 3.05) is 27.2 Å². The molecule has 0 radical (unpaired) electrons. The fourth-order valence-corrected chi connectivity index (χ4v) is 3.85. The summed E-state index contributed by atoms with van der Waals surface area (Å²) in [6.45, 7) is 1.52. The van der Waals surface area contributed by atoms with Crippen LogP contribution in [0.4, 0.5) is 0 Å². The zero-order valence-corrected chi connectivity index (χ0v) is 13.7. The minimum Gasteiger partial charge on any atom is -0.495 e. The first-order chi connectivity index (χ1) is 8.96. The standard InChI is InChI=1S/C12H17ClN2O3S.ClH/c1-15(9-5-6-14-8-9)19(16,17)10-3-4-12(18-2)11(13)7-10;/h3-4,7,9,14H,5-6,8H2,1-2H3;1H. The number of rotatable bonds is 4. The Morgan fingerprint density at radius 1 is 1.45 bits per heavy atom. The molecule has 2 rings (SSSR count). The van der Waals surface area contributed by atoms with E-state index in [1.807, 2.05) is 0 Å². The van der Waals surface area contributed by atoms with E-state index in [2.05, 4.69) is 5.32 Å². The lowest BCUT2D eigenvalue weighted by Crippen LogP contribution is -2.38. The summed E-state index contributed by atoms with van der Waals surface area (Å²) in [6, 6.07) is 4.50. The van der Waals surface area contributed by atoms with Crippen LogP contribution in [-0.2, 0) is 10.0 Å². The topological polar surface area (TPSA) is 58.6 Å². The van der Waals surface area contributed by atoms with E-state index in [0.717, 1.165) is 13.0 Å². The van der Waals surface area contributed by atoms with Gasteiger partial charge in [-0.1, -0.05) is 11.6 Å². The molecule has 0 saturated carbocycles. The van der Waals surface area contributed by atoms with Crippen molar-refractivity contribution in [1.29, 1.82) is 0 Å². The first-order valence-corrected chi connectivity index (χ1v) is 7.81. The Kier molecular flexibility index (Phi) is 6.09. The molecule has 1 saturated heterocycles. The number of halogens is 2. The highest BCUT2D eigenvalue weighted by atomic mass is 35.5. The molecule has 20 heavy (non-hydrogen) atoms. The number of ether oxygens (including phenoxy) is 1. The van der Waals surface area contributed by atoms with Crippen LogP contribution in [0.15, 0.2) is 23.1 Å². The van der Waals surface area contributed by atoms with E-state index >= 15 is 0 Å². The SMILES string of the molecule is COc1ccc(S(=O)(=O)N(C)C2CCNC2)cc1Cl.Cl. The molecule has 1 fully saturated rings. The minimum atomic E-state index is -3.52. The molecular formula is C12H18Cl2N2O3S. The Hall–Kier alpha value is -0.530. The van der Waals surface area contributed by atoms with Crippen LogP contribution < -0.4 is 10.1 Å². The zero-order valence-electron chi connectivity index (χ0n) is 11.3. The van der Waals surface area contributed by atoms with Gasteiger partial charge in [-0.3, -0.25) is 0 Å². The first-order valence-electron chi connectivity index (χ1n) is 5.99. The Morgan fingerprint density at radius 2 is 2.15 bits per heavy atom.